The van der Waals surface area contributed by atoms with Gasteiger partial charge in [-0.25, -0.2) is 9.18 Å². The van der Waals surface area contributed by atoms with Gasteiger partial charge < -0.3 is 16.4 Å². The Kier molecular flexibility index (Phi) is 3.94. The first kappa shape index (κ1) is 13.5. The van der Waals surface area contributed by atoms with Gasteiger partial charge in [0.2, 0.25) is 5.91 Å². The zero-order valence-corrected chi connectivity index (χ0v) is 10.3. The van der Waals surface area contributed by atoms with Crippen LogP contribution in [0.15, 0.2) is 36.7 Å². The molecular weight excluding hydrogens is 265 g/mol. The summed E-state index contributed by atoms with van der Waals surface area (Å²) in [6.45, 7) is -0.0682. The van der Waals surface area contributed by atoms with Crippen LogP contribution in [0.4, 0.5) is 20.6 Å². The number of amides is 3. The zero-order chi connectivity index (χ0) is 14.5. The van der Waals surface area contributed by atoms with Gasteiger partial charge in [-0.15, -0.1) is 0 Å². The molecule has 20 heavy (non-hydrogen) atoms. The number of hydrogen-bond acceptors (Lipinski definition) is 3. The van der Waals surface area contributed by atoms with E-state index in [1.165, 1.54) is 41.3 Å². The summed E-state index contributed by atoms with van der Waals surface area (Å²) in [5.41, 5.74) is 5.88. The van der Waals surface area contributed by atoms with E-state index >= 15 is 0 Å². The van der Waals surface area contributed by atoms with E-state index in [0.717, 1.165) is 0 Å². The number of nitrogens with two attached hydrogens (primary N) is 1. The minimum absolute atomic E-state index is 0.0682. The van der Waals surface area contributed by atoms with Gasteiger partial charge in [0.15, 0.2) is 0 Å². The first-order valence-corrected chi connectivity index (χ1v) is 5.67. The van der Waals surface area contributed by atoms with E-state index in [-0.39, 0.29) is 12.4 Å². The molecule has 0 saturated carbocycles. The van der Waals surface area contributed by atoms with E-state index in [4.69, 9.17) is 5.73 Å². The van der Waals surface area contributed by atoms with Crippen LogP contribution in [0.2, 0.25) is 0 Å². The van der Waals surface area contributed by atoms with Gasteiger partial charge in [-0.2, -0.15) is 5.10 Å². The SMILES string of the molecule is NC(=O)Cn1cc(NC(=O)Nc2ccc(F)cc2)cn1. The molecular formula is C12H12FN5O2. The topological polar surface area (TPSA) is 102 Å². The average molecular weight is 277 g/mol. The summed E-state index contributed by atoms with van der Waals surface area (Å²) in [7, 11) is 0. The van der Waals surface area contributed by atoms with E-state index in [9.17, 15) is 14.0 Å². The fraction of sp³-hybridized carbons (Fsp3) is 0.0833. The lowest BCUT2D eigenvalue weighted by Crippen LogP contribution is -2.20. The molecule has 4 N–H and O–H groups in total. The quantitative estimate of drug-likeness (QED) is 0.781. The van der Waals surface area contributed by atoms with Crippen LogP contribution in [0, 0.1) is 5.82 Å². The molecule has 0 aliphatic carbocycles. The molecule has 3 amide bonds. The Morgan fingerprint density at radius 1 is 1.20 bits per heavy atom. The maximum absolute atomic E-state index is 12.7. The second-order valence-electron chi connectivity index (χ2n) is 3.98. The molecule has 0 radical (unpaired) electrons. The largest absolute Gasteiger partial charge is 0.368 e. The molecule has 8 heteroatoms. The number of rotatable bonds is 4. The van der Waals surface area contributed by atoms with Gasteiger partial charge >= 0.3 is 6.03 Å². The summed E-state index contributed by atoms with van der Waals surface area (Å²) in [5, 5.41) is 8.89. The summed E-state index contributed by atoms with van der Waals surface area (Å²) in [5.74, 6) is -0.918. The molecule has 0 aliphatic rings. The van der Waals surface area contributed by atoms with Crippen molar-refractivity contribution in [1.29, 1.82) is 0 Å². The lowest BCUT2D eigenvalue weighted by molar-refractivity contribution is -0.118. The molecule has 1 aromatic carbocycles. The van der Waals surface area contributed by atoms with Crippen LogP contribution in [-0.4, -0.2) is 21.7 Å². The highest BCUT2D eigenvalue weighted by Crippen LogP contribution is 2.10. The maximum Gasteiger partial charge on any atom is 0.323 e. The number of aromatic nitrogens is 2. The van der Waals surface area contributed by atoms with Crippen molar-refractivity contribution in [3.05, 3.63) is 42.5 Å². The number of nitrogens with one attached hydrogen (secondary N) is 2. The van der Waals surface area contributed by atoms with E-state index in [1.807, 2.05) is 0 Å². The Morgan fingerprint density at radius 3 is 2.50 bits per heavy atom. The molecule has 0 saturated heterocycles. The van der Waals surface area contributed by atoms with Crippen LogP contribution in [-0.2, 0) is 11.3 Å². The predicted molar refractivity (Wildman–Crippen MR) is 70.5 cm³/mol. The molecule has 0 unspecified atom stereocenters. The summed E-state index contributed by atoms with van der Waals surface area (Å²) in [6, 6.07) is 4.84. The highest BCUT2D eigenvalue weighted by atomic mass is 19.1. The number of nitrogens with zero attached hydrogens (tertiary/aromatic N) is 2. The number of carbonyl (C=O) groups excluding carboxylic acids is 2. The third-order valence-corrected chi connectivity index (χ3v) is 2.31. The molecule has 0 bridgehead atoms. The monoisotopic (exact) mass is 277 g/mol. The maximum atomic E-state index is 12.7. The lowest BCUT2D eigenvalue weighted by Gasteiger charge is -2.05. The number of urea groups is 1. The van der Waals surface area contributed by atoms with Crippen molar-refractivity contribution in [2.24, 2.45) is 5.73 Å². The molecule has 7 nitrogen and oxygen atoms in total. The number of halogens is 1. The molecule has 0 atom stereocenters. The van der Waals surface area contributed by atoms with Gasteiger partial charge in [-0.05, 0) is 24.3 Å². The smallest absolute Gasteiger partial charge is 0.323 e. The van der Waals surface area contributed by atoms with Crippen molar-refractivity contribution in [3.63, 3.8) is 0 Å². The van der Waals surface area contributed by atoms with Crippen LogP contribution >= 0.6 is 0 Å². The molecule has 0 fully saturated rings. The second kappa shape index (κ2) is 5.83. The van der Waals surface area contributed by atoms with Crippen molar-refractivity contribution in [2.75, 3.05) is 10.6 Å². The second-order valence-corrected chi connectivity index (χ2v) is 3.98. The third kappa shape index (κ3) is 3.80. The third-order valence-electron chi connectivity index (χ3n) is 2.31. The number of anilines is 2. The van der Waals surface area contributed by atoms with Crippen molar-refractivity contribution in [1.82, 2.24) is 9.78 Å². The molecule has 2 rings (SSSR count). The van der Waals surface area contributed by atoms with Gasteiger partial charge in [0.05, 0.1) is 11.9 Å². The van der Waals surface area contributed by atoms with Crippen LogP contribution in [0.25, 0.3) is 0 Å². The Bertz CT molecular complexity index is 623. The summed E-state index contributed by atoms with van der Waals surface area (Å²) in [6.07, 6.45) is 2.85. The van der Waals surface area contributed by atoms with Gasteiger partial charge in [-0.1, -0.05) is 0 Å². The van der Waals surface area contributed by atoms with E-state index in [1.54, 1.807) is 0 Å². The Labute approximate surface area is 113 Å². The summed E-state index contributed by atoms with van der Waals surface area (Å²) in [4.78, 5) is 22.4. The van der Waals surface area contributed by atoms with Gasteiger partial charge in [0.1, 0.15) is 12.4 Å². The Balaban J connectivity index is 1.92. The zero-order valence-electron chi connectivity index (χ0n) is 10.3. The molecule has 1 aromatic heterocycles. The standard InChI is InChI=1S/C12H12FN5O2/c13-8-1-3-9(4-2-8)16-12(20)17-10-5-15-18(6-10)7-11(14)19/h1-6H,7H2,(H2,14,19)(H2,16,17,20). The molecule has 0 spiro atoms. The summed E-state index contributed by atoms with van der Waals surface area (Å²) >= 11 is 0. The van der Waals surface area contributed by atoms with Gasteiger partial charge in [0.25, 0.3) is 0 Å². The van der Waals surface area contributed by atoms with Crippen LogP contribution < -0.4 is 16.4 Å². The lowest BCUT2D eigenvalue weighted by atomic mass is 10.3. The van der Waals surface area contributed by atoms with Crippen molar-refractivity contribution in [2.45, 2.75) is 6.54 Å². The summed E-state index contributed by atoms with van der Waals surface area (Å²) < 4.78 is 14.0. The Morgan fingerprint density at radius 2 is 1.85 bits per heavy atom. The number of carbonyl (C=O) groups is 2. The number of benzene rings is 1. The normalized spacial score (nSPS) is 10.1. The molecule has 0 aliphatic heterocycles. The fourth-order valence-corrected chi connectivity index (χ4v) is 1.50. The van der Waals surface area contributed by atoms with Crippen LogP contribution in [0.5, 0.6) is 0 Å². The van der Waals surface area contributed by atoms with E-state index in [2.05, 4.69) is 15.7 Å². The predicted octanol–water partition coefficient (Wildman–Crippen LogP) is 1.15. The molecule has 2 aromatic rings. The minimum atomic E-state index is -0.532. The molecule has 104 valence electrons. The van der Waals surface area contributed by atoms with E-state index in [0.29, 0.717) is 11.4 Å². The van der Waals surface area contributed by atoms with Gasteiger partial charge in [-0.3, -0.25) is 9.48 Å². The highest BCUT2D eigenvalue weighted by molar-refractivity contribution is 5.99. The number of primary amides is 1. The Hall–Kier alpha value is -2.90. The van der Waals surface area contributed by atoms with Crippen LogP contribution in [0.1, 0.15) is 0 Å². The van der Waals surface area contributed by atoms with E-state index < -0.39 is 11.9 Å². The molecule has 1 heterocycles. The first-order valence-electron chi connectivity index (χ1n) is 5.67. The van der Waals surface area contributed by atoms with Crippen molar-refractivity contribution >= 4 is 23.3 Å². The van der Waals surface area contributed by atoms with Crippen molar-refractivity contribution < 1.29 is 14.0 Å². The first-order chi connectivity index (χ1) is 9.52. The van der Waals surface area contributed by atoms with Crippen LogP contribution in [0.3, 0.4) is 0 Å². The van der Waals surface area contributed by atoms with Crippen molar-refractivity contribution in [3.8, 4) is 0 Å². The van der Waals surface area contributed by atoms with Gasteiger partial charge in [0, 0.05) is 11.9 Å². The average Bonchev–Trinajstić information content (AvgIpc) is 2.78. The fourth-order valence-electron chi connectivity index (χ4n) is 1.50. The highest BCUT2D eigenvalue weighted by Gasteiger charge is 2.06. The minimum Gasteiger partial charge on any atom is -0.368 e. The number of hydrogen-bond donors (Lipinski definition) is 3.